The third-order valence-corrected chi connectivity index (χ3v) is 4.73. The molecule has 5 heteroatoms. The molecule has 2 atom stereocenters. The molecule has 3 heterocycles. The monoisotopic (exact) mass is 311 g/mol. The number of hydrogen-bond donors (Lipinski definition) is 0. The van der Waals surface area contributed by atoms with Gasteiger partial charge in [0.05, 0.1) is 19.3 Å². The molecule has 0 unspecified atom stereocenters. The Morgan fingerprint density at radius 3 is 2.91 bits per heavy atom. The maximum absolute atomic E-state index is 6.26. The molecular formula is C18H21N3O2. The first-order chi connectivity index (χ1) is 11.4. The highest BCUT2D eigenvalue weighted by Crippen LogP contribution is 2.38. The summed E-state index contributed by atoms with van der Waals surface area (Å²) in [4.78, 5) is 10.8. The van der Waals surface area contributed by atoms with E-state index in [4.69, 9.17) is 9.47 Å². The van der Waals surface area contributed by atoms with Crippen LogP contribution in [0.4, 0.5) is 5.82 Å². The van der Waals surface area contributed by atoms with Gasteiger partial charge in [0, 0.05) is 25.5 Å². The summed E-state index contributed by atoms with van der Waals surface area (Å²) in [6.45, 7) is 3.06. The zero-order chi connectivity index (χ0) is 15.5. The molecule has 0 radical (unpaired) electrons. The fraction of sp³-hybridized carbons (Fsp3) is 0.444. The van der Waals surface area contributed by atoms with Gasteiger partial charge in [0.1, 0.15) is 17.5 Å². The van der Waals surface area contributed by atoms with Crippen LogP contribution in [0.5, 0.6) is 0 Å². The summed E-state index contributed by atoms with van der Waals surface area (Å²) in [6.07, 6.45) is 7.44. The molecule has 1 aromatic heterocycles. The number of benzene rings is 1. The van der Waals surface area contributed by atoms with Crippen LogP contribution < -0.4 is 4.90 Å². The van der Waals surface area contributed by atoms with Crippen molar-refractivity contribution >= 4 is 5.82 Å². The normalized spacial score (nSPS) is 27.0. The van der Waals surface area contributed by atoms with E-state index in [0.717, 1.165) is 38.4 Å². The van der Waals surface area contributed by atoms with Crippen molar-refractivity contribution in [1.82, 2.24) is 9.97 Å². The molecule has 2 aliphatic rings. The summed E-state index contributed by atoms with van der Waals surface area (Å²) < 4.78 is 12.4. The first-order valence-corrected chi connectivity index (χ1v) is 8.16. The Labute approximate surface area is 136 Å². The maximum Gasteiger partial charge on any atom is 0.147 e. The molecule has 2 fully saturated rings. The molecule has 0 N–H and O–H groups in total. The van der Waals surface area contributed by atoms with E-state index in [1.165, 1.54) is 5.56 Å². The van der Waals surface area contributed by atoms with E-state index in [1.807, 2.05) is 24.4 Å². The van der Waals surface area contributed by atoms with Crippen LogP contribution >= 0.6 is 0 Å². The molecule has 2 aliphatic heterocycles. The highest BCUT2D eigenvalue weighted by molar-refractivity contribution is 5.39. The van der Waals surface area contributed by atoms with Crippen LogP contribution in [0.2, 0.25) is 0 Å². The highest BCUT2D eigenvalue weighted by atomic mass is 16.6. The maximum atomic E-state index is 6.26. The van der Waals surface area contributed by atoms with Crippen molar-refractivity contribution in [3.05, 3.63) is 54.5 Å². The zero-order valence-electron chi connectivity index (χ0n) is 13.1. The molecule has 1 aromatic carbocycles. The minimum absolute atomic E-state index is 0.0622. The third-order valence-electron chi connectivity index (χ3n) is 4.73. The molecule has 120 valence electrons. The van der Waals surface area contributed by atoms with E-state index in [2.05, 4.69) is 27.0 Å². The van der Waals surface area contributed by atoms with E-state index < -0.39 is 0 Å². The standard InChI is InChI=1S/C18H21N3O2/c1-2-5-15(6-3-1)13-22-16-12-21(17-11-19-8-9-20-17)14-18(16)7-4-10-23-18/h1-3,5-6,8-9,11,16H,4,7,10,12-14H2/t16-,18-/m0/s1. The first kappa shape index (κ1) is 14.6. The van der Waals surface area contributed by atoms with E-state index in [0.29, 0.717) is 6.61 Å². The predicted molar refractivity (Wildman–Crippen MR) is 87.2 cm³/mol. The lowest BCUT2D eigenvalue weighted by Crippen LogP contribution is -2.42. The zero-order valence-corrected chi connectivity index (χ0v) is 13.1. The van der Waals surface area contributed by atoms with Gasteiger partial charge in [-0.25, -0.2) is 4.98 Å². The van der Waals surface area contributed by atoms with Gasteiger partial charge in [0.15, 0.2) is 0 Å². The fourth-order valence-corrected chi connectivity index (χ4v) is 3.56. The lowest BCUT2D eigenvalue weighted by atomic mass is 9.96. The molecule has 0 bridgehead atoms. The summed E-state index contributed by atoms with van der Waals surface area (Å²) in [5, 5.41) is 0. The third kappa shape index (κ3) is 2.94. The van der Waals surface area contributed by atoms with E-state index in [9.17, 15) is 0 Å². The Hall–Kier alpha value is -1.98. The van der Waals surface area contributed by atoms with Crippen LogP contribution in [-0.2, 0) is 16.1 Å². The van der Waals surface area contributed by atoms with Crippen molar-refractivity contribution in [3.8, 4) is 0 Å². The number of rotatable bonds is 4. The molecule has 4 rings (SSSR count). The topological polar surface area (TPSA) is 47.5 Å². The van der Waals surface area contributed by atoms with Gasteiger partial charge in [-0.15, -0.1) is 0 Å². The summed E-state index contributed by atoms with van der Waals surface area (Å²) in [5.41, 5.74) is 0.991. The quantitative estimate of drug-likeness (QED) is 0.868. The van der Waals surface area contributed by atoms with Crippen LogP contribution in [0.3, 0.4) is 0 Å². The summed E-state index contributed by atoms with van der Waals surface area (Å²) in [5.74, 6) is 0.896. The average Bonchev–Trinajstić information content (AvgIpc) is 3.23. The summed E-state index contributed by atoms with van der Waals surface area (Å²) in [6, 6.07) is 10.3. The molecule has 2 saturated heterocycles. The second-order valence-electron chi connectivity index (χ2n) is 6.25. The van der Waals surface area contributed by atoms with Gasteiger partial charge in [0.25, 0.3) is 0 Å². The van der Waals surface area contributed by atoms with Gasteiger partial charge in [0.2, 0.25) is 0 Å². The molecule has 0 amide bonds. The Bertz CT molecular complexity index is 629. The predicted octanol–water partition coefficient (Wildman–Crippen LogP) is 2.43. The van der Waals surface area contributed by atoms with Crippen LogP contribution in [0, 0.1) is 0 Å². The average molecular weight is 311 g/mol. The van der Waals surface area contributed by atoms with E-state index >= 15 is 0 Å². The lowest BCUT2D eigenvalue weighted by Gasteiger charge is -2.29. The molecule has 2 aromatic rings. The molecule has 0 saturated carbocycles. The Morgan fingerprint density at radius 2 is 2.17 bits per heavy atom. The van der Waals surface area contributed by atoms with Crippen LogP contribution in [-0.4, -0.2) is 41.4 Å². The minimum atomic E-state index is -0.202. The minimum Gasteiger partial charge on any atom is -0.370 e. The van der Waals surface area contributed by atoms with Gasteiger partial charge < -0.3 is 14.4 Å². The van der Waals surface area contributed by atoms with Crippen molar-refractivity contribution in [2.24, 2.45) is 0 Å². The van der Waals surface area contributed by atoms with Crippen LogP contribution in [0.25, 0.3) is 0 Å². The fourth-order valence-electron chi connectivity index (χ4n) is 3.56. The SMILES string of the molecule is c1ccc(CO[C@H]2CN(c3cnccn3)C[C@@]23CCCO3)cc1. The molecule has 0 aliphatic carbocycles. The number of hydrogen-bond acceptors (Lipinski definition) is 5. The van der Waals surface area contributed by atoms with Crippen molar-refractivity contribution < 1.29 is 9.47 Å². The van der Waals surface area contributed by atoms with Crippen molar-refractivity contribution in [1.29, 1.82) is 0 Å². The van der Waals surface area contributed by atoms with Gasteiger partial charge in [-0.05, 0) is 18.4 Å². The molecule has 1 spiro atoms. The Kier molecular flexibility index (Phi) is 3.97. The smallest absolute Gasteiger partial charge is 0.147 e. The second-order valence-corrected chi connectivity index (χ2v) is 6.25. The van der Waals surface area contributed by atoms with Crippen molar-refractivity contribution in [2.75, 3.05) is 24.6 Å². The van der Waals surface area contributed by atoms with E-state index in [1.54, 1.807) is 12.4 Å². The van der Waals surface area contributed by atoms with Crippen LogP contribution in [0.15, 0.2) is 48.9 Å². The number of nitrogens with zero attached hydrogens (tertiary/aromatic N) is 3. The van der Waals surface area contributed by atoms with Gasteiger partial charge in [-0.3, -0.25) is 4.98 Å². The van der Waals surface area contributed by atoms with Crippen molar-refractivity contribution in [3.63, 3.8) is 0 Å². The number of ether oxygens (including phenoxy) is 2. The van der Waals surface area contributed by atoms with Crippen LogP contribution in [0.1, 0.15) is 18.4 Å². The summed E-state index contributed by atoms with van der Waals surface area (Å²) >= 11 is 0. The van der Waals surface area contributed by atoms with Gasteiger partial charge in [-0.2, -0.15) is 0 Å². The molecule has 5 nitrogen and oxygen atoms in total. The highest BCUT2D eigenvalue weighted by Gasteiger charge is 2.50. The van der Waals surface area contributed by atoms with E-state index in [-0.39, 0.29) is 11.7 Å². The van der Waals surface area contributed by atoms with Crippen molar-refractivity contribution in [2.45, 2.75) is 31.2 Å². The lowest BCUT2D eigenvalue weighted by molar-refractivity contribution is -0.0957. The van der Waals surface area contributed by atoms with Gasteiger partial charge in [-0.1, -0.05) is 30.3 Å². The number of aromatic nitrogens is 2. The molecular weight excluding hydrogens is 290 g/mol. The molecule has 23 heavy (non-hydrogen) atoms. The summed E-state index contributed by atoms with van der Waals surface area (Å²) in [7, 11) is 0. The second kappa shape index (κ2) is 6.26. The Balaban J connectivity index is 1.50. The first-order valence-electron chi connectivity index (χ1n) is 8.16. The Morgan fingerprint density at radius 1 is 1.26 bits per heavy atom. The van der Waals surface area contributed by atoms with Gasteiger partial charge >= 0.3 is 0 Å². The number of anilines is 1. The largest absolute Gasteiger partial charge is 0.370 e.